The molecule has 1 heterocycles. The van der Waals surface area contributed by atoms with Crippen LogP contribution >= 0.6 is 12.4 Å². The second-order valence-corrected chi connectivity index (χ2v) is 7.81. The van der Waals surface area contributed by atoms with Crippen molar-refractivity contribution in [1.82, 2.24) is 4.31 Å². The zero-order valence-corrected chi connectivity index (χ0v) is 13.3. The minimum atomic E-state index is -3.17. The highest BCUT2D eigenvalue weighted by Gasteiger charge is 2.44. The molecule has 0 aromatic carbocycles. The van der Waals surface area contributed by atoms with Crippen LogP contribution in [0, 0.1) is 11.8 Å². The van der Waals surface area contributed by atoms with Gasteiger partial charge >= 0.3 is 0 Å². The third-order valence-corrected chi connectivity index (χ3v) is 5.83. The van der Waals surface area contributed by atoms with E-state index in [-0.39, 0.29) is 36.9 Å². The Morgan fingerprint density at radius 1 is 1.32 bits per heavy atom. The monoisotopic (exact) mass is 312 g/mol. The fourth-order valence-electron chi connectivity index (χ4n) is 3.01. The van der Waals surface area contributed by atoms with Gasteiger partial charge in [0.25, 0.3) is 0 Å². The average Bonchev–Trinajstić information content (AvgIpc) is 2.81. The molecular weight excluding hydrogens is 288 g/mol. The molecule has 7 heteroatoms. The van der Waals surface area contributed by atoms with E-state index in [0.29, 0.717) is 24.9 Å². The van der Waals surface area contributed by atoms with Gasteiger partial charge in [-0.3, -0.25) is 0 Å². The molecule has 1 saturated heterocycles. The number of hydrogen-bond acceptors (Lipinski definition) is 4. The predicted octanol–water partition coefficient (Wildman–Crippen LogP) is 0.832. The summed E-state index contributed by atoms with van der Waals surface area (Å²) in [4.78, 5) is 0. The Morgan fingerprint density at radius 2 is 2.00 bits per heavy atom. The molecule has 0 spiro atoms. The quantitative estimate of drug-likeness (QED) is 0.816. The summed E-state index contributed by atoms with van der Waals surface area (Å²) in [5.74, 6) is 0.923. The SMILES string of the molecule is CC(C)OCCS(=O)(=O)N1CC2CCC(N)C2C1.Cl. The van der Waals surface area contributed by atoms with Crippen LogP contribution < -0.4 is 5.73 Å². The number of fused-ring (bicyclic) bond motifs is 1. The summed E-state index contributed by atoms with van der Waals surface area (Å²) in [7, 11) is -3.17. The van der Waals surface area contributed by atoms with Crippen molar-refractivity contribution >= 4 is 22.4 Å². The molecule has 0 aromatic heterocycles. The van der Waals surface area contributed by atoms with Crippen LogP contribution in [0.5, 0.6) is 0 Å². The van der Waals surface area contributed by atoms with Gasteiger partial charge in [0, 0.05) is 19.1 Å². The lowest BCUT2D eigenvalue weighted by Crippen LogP contribution is -2.35. The van der Waals surface area contributed by atoms with E-state index in [0.717, 1.165) is 12.8 Å². The topological polar surface area (TPSA) is 72.6 Å². The molecule has 2 fully saturated rings. The summed E-state index contributed by atoms with van der Waals surface area (Å²) in [5.41, 5.74) is 6.02. The minimum absolute atomic E-state index is 0. The Hall–Kier alpha value is 0.120. The number of sulfonamides is 1. The van der Waals surface area contributed by atoms with Gasteiger partial charge in [0.2, 0.25) is 10.0 Å². The van der Waals surface area contributed by atoms with Crippen molar-refractivity contribution in [2.75, 3.05) is 25.4 Å². The molecule has 1 aliphatic carbocycles. The van der Waals surface area contributed by atoms with E-state index in [1.165, 1.54) is 0 Å². The van der Waals surface area contributed by atoms with Crippen molar-refractivity contribution in [3.8, 4) is 0 Å². The second kappa shape index (κ2) is 6.72. The largest absolute Gasteiger partial charge is 0.378 e. The van der Waals surface area contributed by atoms with Crippen molar-refractivity contribution in [2.24, 2.45) is 17.6 Å². The van der Waals surface area contributed by atoms with Gasteiger partial charge in [-0.25, -0.2) is 12.7 Å². The van der Waals surface area contributed by atoms with Crippen LogP contribution in [0.2, 0.25) is 0 Å². The van der Waals surface area contributed by atoms with Crippen molar-refractivity contribution in [3.05, 3.63) is 0 Å². The van der Waals surface area contributed by atoms with Crippen LogP contribution in [0.15, 0.2) is 0 Å². The maximum atomic E-state index is 12.2. The second-order valence-electron chi connectivity index (χ2n) is 5.72. The van der Waals surface area contributed by atoms with Crippen LogP contribution in [0.25, 0.3) is 0 Å². The molecule has 3 unspecified atom stereocenters. The lowest BCUT2D eigenvalue weighted by Gasteiger charge is -2.19. The first-order valence-corrected chi connectivity index (χ1v) is 8.36. The maximum Gasteiger partial charge on any atom is 0.216 e. The molecule has 0 aromatic rings. The highest BCUT2D eigenvalue weighted by molar-refractivity contribution is 7.89. The molecule has 1 saturated carbocycles. The summed E-state index contributed by atoms with van der Waals surface area (Å²) in [5, 5.41) is 0. The number of hydrogen-bond donors (Lipinski definition) is 1. The molecule has 5 nitrogen and oxygen atoms in total. The average molecular weight is 313 g/mol. The summed E-state index contributed by atoms with van der Waals surface area (Å²) < 4.78 is 31.3. The van der Waals surface area contributed by atoms with E-state index in [9.17, 15) is 8.42 Å². The zero-order valence-electron chi connectivity index (χ0n) is 11.6. The first kappa shape index (κ1) is 17.2. The summed E-state index contributed by atoms with van der Waals surface area (Å²) in [6.45, 7) is 5.36. The third kappa shape index (κ3) is 4.04. The molecule has 0 amide bonds. The smallest absolute Gasteiger partial charge is 0.216 e. The van der Waals surface area contributed by atoms with Crippen molar-refractivity contribution in [2.45, 2.75) is 38.8 Å². The van der Waals surface area contributed by atoms with Crippen LogP contribution in [0.1, 0.15) is 26.7 Å². The fourth-order valence-corrected chi connectivity index (χ4v) is 4.39. The van der Waals surface area contributed by atoms with Gasteiger partial charge in [-0.05, 0) is 38.5 Å². The van der Waals surface area contributed by atoms with Crippen molar-refractivity contribution in [1.29, 1.82) is 0 Å². The van der Waals surface area contributed by atoms with Gasteiger partial charge in [-0.2, -0.15) is 0 Å². The lowest BCUT2D eigenvalue weighted by atomic mass is 9.98. The third-order valence-electron chi connectivity index (χ3n) is 4.06. The van der Waals surface area contributed by atoms with E-state index in [2.05, 4.69) is 0 Å². The maximum absolute atomic E-state index is 12.2. The van der Waals surface area contributed by atoms with Gasteiger partial charge in [-0.1, -0.05) is 0 Å². The first-order chi connectivity index (χ1) is 8.40. The molecule has 2 rings (SSSR count). The van der Waals surface area contributed by atoms with Crippen LogP contribution in [0.3, 0.4) is 0 Å². The number of nitrogens with zero attached hydrogens (tertiary/aromatic N) is 1. The predicted molar refractivity (Wildman–Crippen MR) is 77.9 cm³/mol. The highest BCUT2D eigenvalue weighted by atomic mass is 35.5. The van der Waals surface area contributed by atoms with E-state index in [1.807, 2.05) is 13.8 Å². The van der Waals surface area contributed by atoms with Gasteiger partial charge < -0.3 is 10.5 Å². The Morgan fingerprint density at radius 3 is 2.58 bits per heavy atom. The van der Waals surface area contributed by atoms with E-state index in [1.54, 1.807) is 4.31 Å². The molecule has 0 radical (unpaired) electrons. The van der Waals surface area contributed by atoms with Crippen molar-refractivity contribution < 1.29 is 13.2 Å². The molecule has 2 aliphatic rings. The Bertz CT molecular complexity index is 388. The molecule has 1 aliphatic heterocycles. The van der Waals surface area contributed by atoms with Gasteiger partial charge in [0.1, 0.15) is 0 Å². The van der Waals surface area contributed by atoms with Crippen LogP contribution in [0.4, 0.5) is 0 Å². The Kier molecular flexibility index (Phi) is 6.07. The van der Waals surface area contributed by atoms with Crippen molar-refractivity contribution in [3.63, 3.8) is 0 Å². The number of rotatable bonds is 5. The van der Waals surface area contributed by atoms with E-state index >= 15 is 0 Å². The standard InChI is InChI=1S/C12H24N2O3S.ClH/c1-9(2)17-5-6-18(15,16)14-7-10-3-4-12(13)11(10)8-14;/h9-12H,3-8,13H2,1-2H3;1H. The zero-order chi connectivity index (χ0) is 13.3. The normalized spacial score (nSPS) is 31.5. The first-order valence-electron chi connectivity index (χ1n) is 6.75. The van der Waals surface area contributed by atoms with Gasteiger partial charge in [0.15, 0.2) is 0 Å². The van der Waals surface area contributed by atoms with E-state index < -0.39 is 10.0 Å². The molecule has 19 heavy (non-hydrogen) atoms. The molecule has 2 N–H and O–H groups in total. The number of nitrogens with two attached hydrogens (primary N) is 1. The Labute approximate surface area is 122 Å². The number of ether oxygens (including phenoxy) is 1. The fraction of sp³-hybridized carbons (Fsp3) is 1.00. The summed E-state index contributed by atoms with van der Waals surface area (Å²) in [6, 6.07) is 0.183. The van der Waals surface area contributed by atoms with Gasteiger partial charge in [-0.15, -0.1) is 12.4 Å². The molecule has 114 valence electrons. The molecule has 3 atom stereocenters. The summed E-state index contributed by atoms with van der Waals surface area (Å²) in [6.07, 6.45) is 2.19. The summed E-state index contributed by atoms with van der Waals surface area (Å²) >= 11 is 0. The van der Waals surface area contributed by atoms with E-state index in [4.69, 9.17) is 10.5 Å². The lowest BCUT2D eigenvalue weighted by molar-refractivity contribution is 0.0907. The van der Waals surface area contributed by atoms with Crippen LogP contribution in [-0.2, 0) is 14.8 Å². The van der Waals surface area contributed by atoms with Crippen LogP contribution in [-0.4, -0.2) is 50.3 Å². The molecule has 0 bridgehead atoms. The molecular formula is C12H25ClN2O3S. The minimum Gasteiger partial charge on any atom is -0.378 e. The highest BCUT2D eigenvalue weighted by Crippen LogP contribution is 2.38. The number of halogens is 1. The Balaban J connectivity index is 0.00000180. The van der Waals surface area contributed by atoms with Gasteiger partial charge in [0.05, 0.1) is 18.5 Å².